The van der Waals surface area contributed by atoms with Gasteiger partial charge in [-0.3, -0.25) is 9.59 Å². The molecule has 41 heavy (non-hydrogen) atoms. The number of hydrogen-bond donors (Lipinski definition) is 1. The number of oxime groups is 1. The Hall–Kier alpha value is -3.39. The molecule has 1 fully saturated rings. The first-order valence-electron chi connectivity index (χ1n) is 13.9. The SMILES string of the molecule is CCN(CC)CCNC(=O)C[C@@H]1CC(=NOCc2ccc(Cl)c(Cl)c2)CN1C(=O)c1ccc(-c2ccccc2)cc1. The number of amides is 2. The lowest BCUT2D eigenvalue weighted by Crippen LogP contribution is -2.40. The third-order valence-electron chi connectivity index (χ3n) is 7.24. The Morgan fingerprint density at radius 3 is 2.37 bits per heavy atom. The minimum Gasteiger partial charge on any atom is -0.391 e. The van der Waals surface area contributed by atoms with Crippen LogP contribution in [0.25, 0.3) is 11.1 Å². The molecule has 1 heterocycles. The summed E-state index contributed by atoms with van der Waals surface area (Å²) in [6, 6.07) is 22.5. The molecule has 3 aromatic rings. The molecule has 7 nitrogen and oxygen atoms in total. The van der Waals surface area contributed by atoms with Crippen molar-refractivity contribution in [1.29, 1.82) is 0 Å². The zero-order chi connectivity index (χ0) is 29.2. The molecular weight excluding hydrogens is 559 g/mol. The van der Waals surface area contributed by atoms with Gasteiger partial charge in [0.25, 0.3) is 5.91 Å². The first kappa shape index (κ1) is 30.6. The van der Waals surface area contributed by atoms with Gasteiger partial charge in [-0.05, 0) is 54.0 Å². The lowest BCUT2D eigenvalue weighted by molar-refractivity contribution is -0.121. The summed E-state index contributed by atoms with van der Waals surface area (Å²) < 4.78 is 0. The third kappa shape index (κ3) is 8.55. The van der Waals surface area contributed by atoms with Gasteiger partial charge in [0, 0.05) is 37.5 Å². The van der Waals surface area contributed by atoms with Gasteiger partial charge in [0.1, 0.15) is 6.61 Å². The number of nitrogens with one attached hydrogen (secondary N) is 1. The predicted molar refractivity (Wildman–Crippen MR) is 165 cm³/mol. The fraction of sp³-hybridized carbons (Fsp3) is 0.344. The molecule has 1 aliphatic heterocycles. The first-order valence-corrected chi connectivity index (χ1v) is 14.7. The highest BCUT2D eigenvalue weighted by molar-refractivity contribution is 6.42. The van der Waals surface area contributed by atoms with Crippen molar-refractivity contribution >= 4 is 40.7 Å². The highest BCUT2D eigenvalue weighted by Gasteiger charge is 2.35. The van der Waals surface area contributed by atoms with E-state index in [0.29, 0.717) is 34.3 Å². The third-order valence-corrected chi connectivity index (χ3v) is 7.98. The van der Waals surface area contributed by atoms with E-state index in [9.17, 15) is 9.59 Å². The molecule has 0 radical (unpaired) electrons. The lowest BCUT2D eigenvalue weighted by atomic mass is 10.0. The molecule has 1 saturated heterocycles. The second kappa shape index (κ2) is 15.0. The molecular formula is C32H36Cl2N4O3. The van der Waals surface area contributed by atoms with Crippen LogP contribution in [0, 0.1) is 0 Å². The number of likely N-dealkylation sites (tertiary alicyclic amines) is 1. The zero-order valence-electron chi connectivity index (χ0n) is 23.5. The highest BCUT2D eigenvalue weighted by atomic mass is 35.5. The second-order valence-corrected chi connectivity index (χ2v) is 10.8. The number of hydrogen-bond acceptors (Lipinski definition) is 5. The smallest absolute Gasteiger partial charge is 0.254 e. The molecule has 9 heteroatoms. The molecule has 4 rings (SSSR count). The number of carbonyl (C=O) groups excluding carboxylic acids is 2. The average molecular weight is 596 g/mol. The van der Waals surface area contributed by atoms with Crippen molar-refractivity contribution in [2.24, 2.45) is 5.16 Å². The molecule has 2 amide bonds. The standard InChI is InChI=1S/C32H36Cl2N4O3/c1-3-37(4-2)17-16-35-31(39)20-28-19-27(36-41-22-23-10-15-29(33)30(34)18-23)21-38(28)32(40)26-13-11-25(12-14-26)24-8-6-5-7-9-24/h5-15,18,28H,3-4,16-17,19-22H2,1-2H3,(H,35,39)/t28-/m0/s1. The van der Waals surface area contributed by atoms with Gasteiger partial charge in [-0.1, -0.05) is 90.7 Å². The summed E-state index contributed by atoms with van der Waals surface area (Å²) in [6.07, 6.45) is 0.649. The molecule has 0 spiro atoms. The molecule has 1 atom stereocenters. The van der Waals surface area contributed by atoms with Crippen molar-refractivity contribution < 1.29 is 14.4 Å². The van der Waals surface area contributed by atoms with E-state index < -0.39 is 0 Å². The second-order valence-electron chi connectivity index (χ2n) is 9.99. The molecule has 0 unspecified atom stereocenters. The number of benzene rings is 3. The van der Waals surface area contributed by atoms with Gasteiger partial charge in [0.15, 0.2) is 0 Å². The molecule has 216 valence electrons. The fourth-order valence-corrected chi connectivity index (χ4v) is 5.19. The van der Waals surface area contributed by atoms with E-state index in [1.54, 1.807) is 17.0 Å². The largest absolute Gasteiger partial charge is 0.391 e. The van der Waals surface area contributed by atoms with E-state index in [-0.39, 0.29) is 37.4 Å². The van der Waals surface area contributed by atoms with Gasteiger partial charge in [0.2, 0.25) is 5.91 Å². The molecule has 1 aliphatic rings. The van der Waals surface area contributed by atoms with Crippen molar-refractivity contribution in [2.75, 3.05) is 32.7 Å². The normalized spacial score (nSPS) is 15.9. The van der Waals surface area contributed by atoms with Crippen LogP contribution in [0.1, 0.15) is 42.6 Å². The van der Waals surface area contributed by atoms with Crippen LogP contribution < -0.4 is 5.32 Å². The van der Waals surface area contributed by atoms with Gasteiger partial charge in [-0.2, -0.15) is 0 Å². The Bertz CT molecular complexity index is 1340. The van der Waals surface area contributed by atoms with Crippen LogP contribution in [0.5, 0.6) is 0 Å². The van der Waals surface area contributed by atoms with Gasteiger partial charge in [0.05, 0.1) is 22.3 Å². The van der Waals surface area contributed by atoms with Crippen LogP contribution in [-0.4, -0.2) is 66.1 Å². The molecule has 1 N–H and O–H groups in total. The summed E-state index contributed by atoms with van der Waals surface area (Å²) >= 11 is 12.1. The fourth-order valence-electron chi connectivity index (χ4n) is 4.87. The van der Waals surface area contributed by atoms with Gasteiger partial charge in [-0.15, -0.1) is 0 Å². The van der Waals surface area contributed by atoms with E-state index in [1.807, 2.05) is 60.7 Å². The van der Waals surface area contributed by atoms with E-state index >= 15 is 0 Å². The van der Waals surface area contributed by atoms with Crippen LogP contribution in [0.3, 0.4) is 0 Å². The summed E-state index contributed by atoms with van der Waals surface area (Å²) in [5.41, 5.74) is 4.22. The maximum Gasteiger partial charge on any atom is 0.254 e. The van der Waals surface area contributed by atoms with Crippen molar-refractivity contribution in [3.05, 3.63) is 94.0 Å². The van der Waals surface area contributed by atoms with Gasteiger partial charge < -0.3 is 20.0 Å². The van der Waals surface area contributed by atoms with Crippen molar-refractivity contribution in [3.63, 3.8) is 0 Å². The number of nitrogens with zero attached hydrogens (tertiary/aromatic N) is 3. The van der Waals surface area contributed by atoms with Crippen LogP contribution in [0.4, 0.5) is 0 Å². The maximum absolute atomic E-state index is 13.6. The molecule has 0 saturated carbocycles. The van der Waals surface area contributed by atoms with E-state index in [2.05, 4.69) is 29.2 Å². The minimum atomic E-state index is -0.322. The Morgan fingerprint density at radius 1 is 0.976 bits per heavy atom. The van der Waals surface area contributed by atoms with Crippen LogP contribution in [0.15, 0.2) is 78.0 Å². The zero-order valence-corrected chi connectivity index (χ0v) is 25.0. The summed E-state index contributed by atoms with van der Waals surface area (Å²) in [5.74, 6) is -0.224. The Balaban J connectivity index is 1.44. The van der Waals surface area contributed by atoms with Crippen molar-refractivity contribution in [1.82, 2.24) is 15.1 Å². The highest BCUT2D eigenvalue weighted by Crippen LogP contribution is 2.25. The molecule has 3 aromatic carbocycles. The van der Waals surface area contributed by atoms with Gasteiger partial charge in [-0.25, -0.2) is 0 Å². The minimum absolute atomic E-state index is 0.0858. The topological polar surface area (TPSA) is 74.2 Å². The van der Waals surface area contributed by atoms with Gasteiger partial charge >= 0.3 is 0 Å². The Labute approximate surface area is 252 Å². The van der Waals surface area contributed by atoms with Crippen LogP contribution in [0.2, 0.25) is 10.0 Å². The van der Waals surface area contributed by atoms with E-state index in [0.717, 1.165) is 36.3 Å². The predicted octanol–water partition coefficient (Wildman–Crippen LogP) is 6.30. The van der Waals surface area contributed by atoms with Crippen molar-refractivity contribution in [3.8, 4) is 11.1 Å². The number of rotatable bonds is 12. The monoisotopic (exact) mass is 594 g/mol. The quantitative estimate of drug-likeness (QED) is 0.250. The molecule has 0 bridgehead atoms. The van der Waals surface area contributed by atoms with Crippen LogP contribution >= 0.6 is 23.2 Å². The van der Waals surface area contributed by atoms with E-state index in [4.69, 9.17) is 28.0 Å². The number of halogens is 2. The first-order chi connectivity index (χ1) is 19.9. The summed E-state index contributed by atoms with van der Waals surface area (Å²) in [4.78, 5) is 36.1. The molecule has 0 aliphatic carbocycles. The summed E-state index contributed by atoms with van der Waals surface area (Å²) in [7, 11) is 0. The Kier molecular flexibility index (Phi) is 11.2. The van der Waals surface area contributed by atoms with E-state index in [1.165, 1.54) is 0 Å². The number of likely N-dealkylation sites (N-methyl/N-ethyl adjacent to an activating group) is 1. The average Bonchev–Trinajstić information content (AvgIpc) is 3.39. The summed E-state index contributed by atoms with van der Waals surface area (Å²) in [5, 5.41) is 8.26. The maximum atomic E-state index is 13.6. The number of carbonyl (C=O) groups is 2. The van der Waals surface area contributed by atoms with Crippen molar-refractivity contribution in [2.45, 2.75) is 39.3 Å². The molecule has 0 aromatic heterocycles. The Morgan fingerprint density at radius 2 is 1.68 bits per heavy atom. The summed E-state index contributed by atoms with van der Waals surface area (Å²) in [6.45, 7) is 7.92. The van der Waals surface area contributed by atoms with Crippen LogP contribution in [-0.2, 0) is 16.2 Å². The lowest BCUT2D eigenvalue weighted by Gasteiger charge is -2.24.